The zero-order valence-corrected chi connectivity index (χ0v) is 16.3. The molecule has 1 aliphatic heterocycles. The molecule has 3 rings (SSSR count). The second-order valence-electron chi connectivity index (χ2n) is 7.01. The molecular formula is C22H28N2O4. The fraction of sp³-hybridized carbons (Fsp3) is 0.409. The summed E-state index contributed by atoms with van der Waals surface area (Å²) in [6, 6.07) is 14.5. The summed E-state index contributed by atoms with van der Waals surface area (Å²) in [5.41, 5.74) is 1.75. The third-order valence-electron chi connectivity index (χ3n) is 5.09. The maximum atomic E-state index is 12.8. The lowest BCUT2D eigenvalue weighted by atomic mass is 10.1. The van der Waals surface area contributed by atoms with Gasteiger partial charge in [-0.15, -0.1) is 0 Å². The van der Waals surface area contributed by atoms with Crippen LogP contribution in [0.5, 0.6) is 11.5 Å². The normalized spacial score (nSPS) is 17.5. The van der Waals surface area contributed by atoms with E-state index < -0.39 is 0 Å². The van der Waals surface area contributed by atoms with E-state index in [-0.39, 0.29) is 24.3 Å². The molecule has 2 N–H and O–H groups in total. The van der Waals surface area contributed by atoms with Crippen molar-refractivity contribution in [3.63, 3.8) is 0 Å². The summed E-state index contributed by atoms with van der Waals surface area (Å²) in [4.78, 5) is 16.9. The molecular weight excluding hydrogens is 356 g/mol. The number of phenols is 1. The Labute approximate surface area is 166 Å². The molecule has 0 aliphatic carbocycles. The van der Waals surface area contributed by atoms with Gasteiger partial charge in [-0.25, -0.2) is 0 Å². The van der Waals surface area contributed by atoms with Crippen LogP contribution in [0.1, 0.15) is 29.3 Å². The fourth-order valence-electron chi connectivity index (χ4n) is 3.59. The van der Waals surface area contributed by atoms with Crippen molar-refractivity contribution >= 4 is 5.91 Å². The van der Waals surface area contributed by atoms with Crippen LogP contribution in [0, 0.1) is 0 Å². The first kappa shape index (κ1) is 20.2. The van der Waals surface area contributed by atoms with Crippen molar-refractivity contribution in [3.05, 3.63) is 59.7 Å². The Morgan fingerprint density at radius 3 is 2.46 bits per heavy atom. The van der Waals surface area contributed by atoms with Gasteiger partial charge < -0.3 is 19.8 Å². The molecule has 0 radical (unpaired) electrons. The smallest absolute Gasteiger partial charge is 0.253 e. The molecule has 1 heterocycles. The molecule has 0 unspecified atom stereocenters. The van der Waals surface area contributed by atoms with Gasteiger partial charge >= 0.3 is 0 Å². The van der Waals surface area contributed by atoms with E-state index in [1.54, 1.807) is 12.1 Å². The number of hydrogen-bond acceptors (Lipinski definition) is 5. The highest BCUT2D eigenvalue weighted by Gasteiger charge is 2.29. The van der Waals surface area contributed by atoms with E-state index in [2.05, 4.69) is 17.0 Å². The molecule has 150 valence electrons. The van der Waals surface area contributed by atoms with Crippen molar-refractivity contribution in [1.29, 1.82) is 0 Å². The van der Waals surface area contributed by atoms with Gasteiger partial charge in [0.25, 0.3) is 5.91 Å². The Hall–Kier alpha value is -2.57. The summed E-state index contributed by atoms with van der Waals surface area (Å²) in [7, 11) is 0. The molecule has 0 spiro atoms. The molecule has 1 atom stereocenters. The number of aromatic hydroxyl groups is 1. The summed E-state index contributed by atoms with van der Waals surface area (Å²) >= 11 is 0. The van der Waals surface area contributed by atoms with Crippen molar-refractivity contribution < 1.29 is 19.7 Å². The van der Waals surface area contributed by atoms with Crippen LogP contribution in [0.25, 0.3) is 0 Å². The predicted octanol–water partition coefficient (Wildman–Crippen LogP) is 2.50. The molecule has 6 heteroatoms. The molecule has 1 aliphatic rings. The van der Waals surface area contributed by atoms with Gasteiger partial charge in [0.1, 0.15) is 11.5 Å². The van der Waals surface area contributed by atoms with Crippen molar-refractivity contribution in [2.75, 3.05) is 32.8 Å². The van der Waals surface area contributed by atoms with E-state index in [1.165, 1.54) is 17.7 Å². The third-order valence-corrected chi connectivity index (χ3v) is 5.09. The van der Waals surface area contributed by atoms with Crippen LogP contribution in [0.3, 0.4) is 0 Å². The first-order chi connectivity index (χ1) is 13.6. The summed E-state index contributed by atoms with van der Waals surface area (Å²) in [6.07, 6.45) is 0.621. The fourth-order valence-corrected chi connectivity index (χ4v) is 3.59. The number of carbonyl (C=O) groups excluding carboxylic acids is 1. The van der Waals surface area contributed by atoms with Gasteiger partial charge in [0.2, 0.25) is 0 Å². The van der Waals surface area contributed by atoms with Gasteiger partial charge in [0.15, 0.2) is 0 Å². The van der Waals surface area contributed by atoms with Crippen molar-refractivity contribution in [3.8, 4) is 11.5 Å². The SMILES string of the molecule is CCOc1ccc(CN2CCN(C(=O)c3ccc(O)cc3)C[C@@H]2CCO)cc1. The Kier molecular flexibility index (Phi) is 6.90. The first-order valence-electron chi connectivity index (χ1n) is 9.75. The number of piperazine rings is 1. The third kappa shape index (κ3) is 5.03. The minimum Gasteiger partial charge on any atom is -0.508 e. The van der Waals surface area contributed by atoms with Crippen molar-refractivity contribution in [2.24, 2.45) is 0 Å². The number of carbonyl (C=O) groups is 1. The minimum atomic E-state index is -0.0383. The Bertz CT molecular complexity index is 761. The Balaban J connectivity index is 1.65. The van der Waals surface area contributed by atoms with E-state index in [4.69, 9.17) is 4.74 Å². The quantitative estimate of drug-likeness (QED) is 0.767. The first-order valence-corrected chi connectivity index (χ1v) is 9.75. The van der Waals surface area contributed by atoms with Gasteiger partial charge in [-0.05, 0) is 55.3 Å². The zero-order valence-electron chi connectivity index (χ0n) is 16.3. The van der Waals surface area contributed by atoms with E-state index >= 15 is 0 Å². The van der Waals surface area contributed by atoms with E-state index in [9.17, 15) is 15.0 Å². The van der Waals surface area contributed by atoms with Gasteiger partial charge in [0.05, 0.1) is 6.61 Å². The summed E-state index contributed by atoms with van der Waals surface area (Å²) < 4.78 is 5.49. The second-order valence-corrected chi connectivity index (χ2v) is 7.01. The maximum absolute atomic E-state index is 12.8. The minimum absolute atomic E-state index is 0.0383. The molecule has 2 aromatic carbocycles. The highest BCUT2D eigenvalue weighted by atomic mass is 16.5. The number of hydrogen-bond donors (Lipinski definition) is 2. The van der Waals surface area contributed by atoms with Gasteiger partial charge in [-0.2, -0.15) is 0 Å². The number of nitrogens with zero attached hydrogens (tertiary/aromatic N) is 2. The molecule has 0 bridgehead atoms. The monoisotopic (exact) mass is 384 g/mol. The Morgan fingerprint density at radius 2 is 1.82 bits per heavy atom. The molecule has 2 aromatic rings. The van der Waals surface area contributed by atoms with Crippen LogP contribution in [-0.4, -0.2) is 64.8 Å². The zero-order chi connectivity index (χ0) is 19.9. The standard InChI is InChI=1S/C22H28N2O4/c1-2-28-21-9-3-17(4-10-21)15-23-12-13-24(16-19(23)11-14-25)22(27)18-5-7-20(26)8-6-18/h3-10,19,25-26H,2,11-16H2,1H3/t19-/m0/s1. The average molecular weight is 384 g/mol. The van der Waals surface area contributed by atoms with Crippen molar-refractivity contribution in [2.45, 2.75) is 25.9 Å². The van der Waals surface area contributed by atoms with Crippen LogP contribution in [-0.2, 0) is 6.54 Å². The van der Waals surface area contributed by atoms with Gasteiger partial charge in [0, 0.05) is 44.4 Å². The van der Waals surface area contributed by atoms with Crippen LogP contribution in [0.2, 0.25) is 0 Å². The summed E-state index contributed by atoms with van der Waals surface area (Å²) in [5.74, 6) is 0.973. The maximum Gasteiger partial charge on any atom is 0.253 e. The summed E-state index contributed by atoms with van der Waals surface area (Å²) in [5, 5.41) is 18.9. The topological polar surface area (TPSA) is 73.2 Å². The number of rotatable bonds is 7. The number of amides is 1. The lowest BCUT2D eigenvalue weighted by Gasteiger charge is -2.41. The lowest BCUT2D eigenvalue weighted by Crippen LogP contribution is -2.54. The number of ether oxygens (including phenoxy) is 1. The Morgan fingerprint density at radius 1 is 1.11 bits per heavy atom. The lowest BCUT2D eigenvalue weighted by molar-refractivity contribution is 0.0395. The average Bonchev–Trinajstić information content (AvgIpc) is 2.71. The number of aliphatic hydroxyl groups excluding tert-OH is 1. The van der Waals surface area contributed by atoms with E-state index in [0.29, 0.717) is 31.7 Å². The highest BCUT2D eigenvalue weighted by molar-refractivity contribution is 5.94. The van der Waals surface area contributed by atoms with Gasteiger partial charge in [-0.1, -0.05) is 12.1 Å². The molecule has 6 nitrogen and oxygen atoms in total. The van der Waals surface area contributed by atoms with Crippen molar-refractivity contribution in [1.82, 2.24) is 9.80 Å². The predicted molar refractivity (Wildman–Crippen MR) is 108 cm³/mol. The highest BCUT2D eigenvalue weighted by Crippen LogP contribution is 2.20. The molecule has 1 fully saturated rings. The van der Waals surface area contributed by atoms with Crippen LogP contribution < -0.4 is 4.74 Å². The van der Waals surface area contributed by atoms with E-state index in [0.717, 1.165) is 18.8 Å². The van der Waals surface area contributed by atoms with Crippen LogP contribution >= 0.6 is 0 Å². The second kappa shape index (κ2) is 9.57. The molecule has 0 aromatic heterocycles. The van der Waals surface area contributed by atoms with Crippen LogP contribution in [0.15, 0.2) is 48.5 Å². The largest absolute Gasteiger partial charge is 0.508 e. The summed E-state index contributed by atoms with van der Waals surface area (Å²) in [6.45, 7) is 5.45. The number of aliphatic hydroxyl groups is 1. The molecule has 1 amide bonds. The molecule has 0 saturated carbocycles. The van der Waals surface area contributed by atoms with Crippen LogP contribution in [0.4, 0.5) is 0 Å². The van der Waals surface area contributed by atoms with Gasteiger partial charge in [-0.3, -0.25) is 9.69 Å². The van der Waals surface area contributed by atoms with E-state index in [1.807, 2.05) is 24.0 Å². The molecule has 1 saturated heterocycles. The number of phenolic OH excluding ortho intramolecular Hbond substituents is 1. The molecule has 28 heavy (non-hydrogen) atoms. The number of benzene rings is 2.